The summed E-state index contributed by atoms with van der Waals surface area (Å²) in [5, 5.41) is 10.7. The van der Waals surface area contributed by atoms with Crippen LogP contribution in [0.25, 0.3) is 17.0 Å². The maximum absolute atomic E-state index is 13.0. The molecule has 4 rings (SSSR count). The van der Waals surface area contributed by atoms with Crippen molar-refractivity contribution < 1.29 is 14.7 Å². The number of amides is 1. The van der Waals surface area contributed by atoms with Gasteiger partial charge in [-0.15, -0.1) is 0 Å². The van der Waals surface area contributed by atoms with Gasteiger partial charge in [0.15, 0.2) is 6.04 Å². The molecule has 1 aliphatic heterocycles. The van der Waals surface area contributed by atoms with E-state index in [1.807, 2.05) is 30.3 Å². The number of nitrogens with zero attached hydrogens (tertiary/aromatic N) is 2. The molecule has 28 heavy (non-hydrogen) atoms. The average Bonchev–Trinajstić information content (AvgIpc) is 2.97. The lowest BCUT2D eigenvalue weighted by molar-refractivity contribution is -0.145. The first kappa shape index (κ1) is 18.3. The number of pyridine rings is 1. The fourth-order valence-corrected chi connectivity index (χ4v) is 4.43. The van der Waals surface area contributed by atoms with Crippen molar-refractivity contribution in [1.29, 1.82) is 0 Å². The largest absolute Gasteiger partial charge is 0.479 e. The molecule has 3 aromatic rings. The van der Waals surface area contributed by atoms with Gasteiger partial charge in [0, 0.05) is 17.1 Å². The van der Waals surface area contributed by atoms with Gasteiger partial charge in [0.1, 0.15) is 4.32 Å². The lowest BCUT2D eigenvalue weighted by Gasteiger charge is -2.23. The summed E-state index contributed by atoms with van der Waals surface area (Å²) < 4.78 is 0.223. The Balaban J connectivity index is 1.74. The normalized spacial score (nSPS) is 16.7. The van der Waals surface area contributed by atoms with E-state index in [9.17, 15) is 14.7 Å². The van der Waals surface area contributed by atoms with Crippen molar-refractivity contribution in [2.24, 2.45) is 0 Å². The number of benzene rings is 2. The summed E-state index contributed by atoms with van der Waals surface area (Å²) >= 11 is 6.45. The van der Waals surface area contributed by atoms with Crippen molar-refractivity contribution in [1.82, 2.24) is 9.88 Å². The molecule has 1 atom stereocenters. The number of thioether (sulfide) groups is 1. The average molecular weight is 406 g/mol. The van der Waals surface area contributed by atoms with Gasteiger partial charge in [-0.25, -0.2) is 4.79 Å². The molecule has 0 aliphatic carbocycles. The van der Waals surface area contributed by atoms with Crippen molar-refractivity contribution in [2.75, 3.05) is 0 Å². The molecule has 1 saturated heterocycles. The number of aromatic nitrogens is 1. The smallest absolute Gasteiger partial charge is 0.331 e. The number of carboxylic acid groups (broad SMARTS) is 1. The van der Waals surface area contributed by atoms with Gasteiger partial charge < -0.3 is 5.11 Å². The predicted molar refractivity (Wildman–Crippen MR) is 114 cm³/mol. The molecule has 1 aliphatic rings. The Labute approximate surface area is 170 Å². The van der Waals surface area contributed by atoms with Crippen LogP contribution in [0.2, 0.25) is 0 Å². The molecule has 0 bridgehead atoms. The van der Waals surface area contributed by atoms with Gasteiger partial charge in [0.05, 0.1) is 10.4 Å². The highest BCUT2D eigenvalue weighted by Gasteiger charge is 2.41. The number of carbonyl (C=O) groups is 2. The highest BCUT2D eigenvalue weighted by Crippen LogP contribution is 2.38. The van der Waals surface area contributed by atoms with Crippen LogP contribution in [-0.2, 0) is 9.59 Å². The summed E-state index contributed by atoms with van der Waals surface area (Å²) in [6.45, 7) is 0. The molecule has 7 heteroatoms. The van der Waals surface area contributed by atoms with E-state index in [4.69, 9.17) is 12.2 Å². The van der Waals surface area contributed by atoms with E-state index in [-0.39, 0.29) is 4.32 Å². The van der Waals surface area contributed by atoms with E-state index in [2.05, 4.69) is 4.98 Å². The molecular weight excluding hydrogens is 392 g/mol. The quantitative estimate of drug-likeness (QED) is 0.516. The van der Waals surface area contributed by atoms with E-state index in [0.29, 0.717) is 10.5 Å². The number of fused-ring (bicyclic) bond motifs is 1. The Morgan fingerprint density at radius 2 is 1.86 bits per heavy atom. The maximum Gasteiger partial charge on any atom is 0.331 e. The minimum atomic E-state index is -1.16. The third-order valence-corrected chi connectivity index (χ3v) is 5.71. The molecule has 0 unspecified atom stereocenters. The molecule has 138 valence electrons. The van der Waals surface area contributed by atoms with E-state index in [1.54, 1.807) is 42.6 Å². The van der Waals surface area contributed by atoms with E-state index >= 15 is 0 Å². The van der Waals surface area contributed by atoms with Gasteiger partial charge in [0.25, 0.3) is 5.91 Å². The maximum atomic E-state index is 13.0. The van der Waals surface area contributed by atoms with Crippen LogP contribution in [0.1, 0.15) is 17.2 Å². The van der Waals surface area contributed by atoms with Gasteiger partial charge >= 0.3 is 5.97 Å². The Morgan fingerprint density at radius 3 is 2.61 bits per heavy atom. The zero-order chi connectivity index (χ0) is 19.7. The summed E-state index contributed by atoms with van der Waals surface area (Å²) in [7, 11) is 0. The standard InChI is InChI=1S/C21H14N2O3S2/c24-19-16(12-15-9-4-8-13-10-5-11-22-17(13)15)28-21(27)23(19)18(20(25)26)14-6-2-1-3-7-14/h1-12,18H,(H,25,26)/b16-12-/t18-/m0/s1. The molecule has 1 aromatic heterocycles. The zero-order valence-corrected chi connectivity index (χ0v) is 16.1. The summed E-state index contributed by atoms with van der Waals surface area (Å²) in [6, 6.07) is 17.0. The Hall–Kier alpha value is -3.03. The van der Waals surface area contributed by atoms with Crippen LogP contribution in [-0.4, -0.2) is 31.2 Å². The third kappa shape index (κ3) is 3.30. The van der Waals surface area contributed by atoms with Gasteiger partial charge in [-0.2, -0.15) is 0 Å². The number of para-hydroxylation sites is 1. The zero-order valence-electron chi connectivity index (χ0n) is 14.5. The van der Waals surface area contributed by atoms with Crippen molar-refractivity contribution in [3.63, 3.8) is 0 Å². The predicted octanol–water partition coefficient (Wildman–Crippen LogP) is 4.26. The monoisotopic (exact) mass is 406 g/mol. The summed E-state index contributed by atoms with van der Waals surface area (Å²) in [5.74, 6) is -1.55. The van der Waals surface area contributed by atoms with E-state index in [1.165, 1.54) is 4.90 Å². The number of hydrogen-bond acceptors (Lipinski definition) is 5. The second-order valence-electron chi connectivity index (χ2n) is 6.13. The number of hydrogen-bond donors (Lipinski definition) is 1. The fraction of sp³-hybridized carbons (Fsp3) is 0.0476. The van der Waals surface area contributed by atoms with Crippen LogP contribution >= 0.6 is 24.0 Å². The summed E-state index contributed by atoms with van der Waals surface area (Å²) in [6.07, 6.45) is 3.42. The van der Waals surface area contributed by atoms with Crippen molar-refractivity contribution >= 4 is 57.2 Å². The first-order valence-corrected chi connectivity index (χ1v) is 9.67. The van der Waals surface area contributed by atoms with E-state index < -0.39 is 17.9 Å². The first-order chi connectivity index (χ1) is 13.6. The van der Waals surface area contributed by atoms with Crippen LogP contribution in [0.15, 0.2) is 71.8 Å². The van der Waals surface area contributed by atoms with Gasteiger partial charge in [-0.05, 0) is 17.7 Å². The number of carboxylic acids is 1. The van der Waals surface area contributed by atoms with Crippen LogP contribution in [0.3, 0.4) is 0 Å². The van der Waals surface area contributed by atoms with Crippen LogP contribution in [0.5, 0.6) is 0 Å². The van der Waals surface area contributed by atoms with Crippen LogP contribution in [0.4, 0.5) is 0 Å². The Bertz CT molecular complexity index is 1120. The molecule has 0 radical (unpaired) electrons. The highest BCUT2D eigenvalue weighted by molar-refractivity contribution is 8.26. The second-order valence-corrected chi connectivity index (χ2v) is 7.80. The minimum Gasteiger partial charge on any atom is -0.479 e. The number of aliphatic carboxylic acids is 1. The molecule has 1 N–H and O–H groups in total. The third-order valence-electron chi connectivity index (χ3n) is 4.38. The highest BCUT2D eigenvalue weighted by atomic mass is 32.2. The summed E-state index contributed by atoms with van der Waals surface area (Å²) in [4.78, 5) is 30.9. The molecular formula is C21H14N2O3S2. The molecule has 0 saturated carbocycles. The summed E-state index contributed by atoms with van der Waals surface area (Å²) in [5.41, 5.74) is 2.05. The first-order valence-electron chi connectivity index (χ1n) is 8.45. The lowest BCUT2D eigenvalue weighted by Crippen LogP contribution is -2.37. The number of carbonyl (C=O) groups excluding carboxylic acids is 1. The van der Waals surface area contributed by atoms with Crippen molar-refractivity contribution in [2.45, 2.75) is 6.04 Å². The molecule has 5 nitrogen and oxygen atoms in total. The molecule has 1 amide bonds. The Morgan fingerprint density at radius 1 is 1.11 bits per heavy atom. The fourth-order valence-electron chi connectivity index (χ4n) is 3.13. The molecule has 2 heterocycles. The van der Waals surface area contributed by atoms with Gasteiger partial charge in [0.2, 0.25) is 0 Å². The van der Waals surface area contributed by atoms with Crippen LogP contribution < -0.4 is 0 Å². The van der Waals surface area contributed by atoms with Crippen LogP contribution in [0, 0.1) is 0 Å². The van der Waals surface area contributed by atoms with Crippen molar-refractivity contribution in [3.05, 3.63) is 82.9 Å². The number of rotatable bonds is 4. The molecule has 2 aromatic carbocycles. The SMILES string of the molecule is O=C(O)[C@H](c1ccccc1)N1C(=O)/C(=C/c2cccc3cccnc23)SC1=S. The Kier molecular flexibility index (Phi) is 4.93. The van der Waals surface area contributed by atoms with Gasteiger partial charge in [-0.3, -0.25) is 14.7 Å². The second kappa shape index (κ2) is 7.53. The lowest BCUT2D eigenvalue weighted by atomic mass is 10.1. The minimum absolute atomic E-state index is 0.223. The number of thiocarbonyl (C=S) groups is 1. The van der Waals surface area contributed by atoms with Crippen molar-refractivity contribution in [3.8, 4) is 0 Å². The topological polar surface area (TPSA) is 70.5 Å². The van der Waals surface area contributed by atoms with Gasteiger partial charge in [-0.1, -0.05) is 78.6 Å². The van der Waals surface area contributed by atoms with E-state index in [0.717, 1.165) is 28.2 Å². The molecule has 1 fully saturated rings. The molecule has 0 spiro atoms.